The first-order valence-electron chi connectivity index (χ1n) is 5.47. The predicted octanol–water partition coefficient (Wildman–Crippen LogP) is 1.67. The Morgan fingerprint density at radius 1 is 1.38 bits per heavy atom. The van der Waals surface area contributed by atoms with Crippen molar-refractivity contribution in [3.05, 3.63) is 0 Å². The molecule has 1 aliphatic rings. The van der Waals surface area contributed by atoms with Gasteiger partial charge in [0.2, 0.25) is 0 Å². The number of ether oxygens (including phenoxy) is 2. The second kappa shape index (κ2) is 5.18. The standard InChI is InChI=1S/C11H20N2O3/c1-11(2,3)16-10(14)13-7-5-9(15-4)12-6-8-13/h5-8H2,1-4H3. The highest BCUT2D eigenvalue weighted by molar-refractivity contribution is 5.77. The van der Waals surface area contributed by atoms with Crippen LogP contribution in [0.3, 0.4) is 0 Å². The lowest BCUT2D eigenvalue weighted by atomic mass is 10.2. The first-order chi connectivity index (χ1) is 7.42. The fourth-order valence-electron chi connectivity index (χ4n) is 1.39. The van der Waals surface area contributed by atoms with E-state index in [1.807, 2.05) is 20.8 Å². The van der Waals surface area contributed by atoms with Gasteiger partial charge in [-0.1, -0.05) is 0 Å². The minimum absolute atomic E-state index is 0.278. The van der Waals surface area contributed by atoms with E-state index in [2.05, 4.69) is 4.99 Å². The van der Waals surface area contributed by atoms with Crippen molar-refractivity contribution in [1.82, 2.24) is 4.90 Å². The van der Waals surface area contributed by atoms with Gasteiger partial charge >= 0.3 is 6.09 Å². The lowest BCUT2D eigenvalue weighted by Gasteiger charge is -2.26. The van der Waals surface area contributed by atoms with Crippen LogP contribution < -0.4 is 0 Å². The number of amides is 1. The fourth-order valence-corrected chi connectivity index (χ4v) is 1.39. The topological polar surface area (TPSA) is 51.1 Å². The maximum atomic E-state index is 11.8. The summed E-state index contributed by atoms with van der Waals surface area (Å²) in [6.07, 6.45) is 0.371. The molecule has 0 radical (unpaired) electrons. The fraction of sp³-hybridized carbons (Fsp3) is 0.818. The number of nitrogens with zero attached hydrogens (tertiary/aromatic N) is 2. The molecule has 5 nitrogen and oxygen atoms in total. The van der Waals surface area contributed by atoms with Crippen LogP contribution in [0.25, 0.3) is 0 Å². The second-order valence-electron chi connectivity index (χ2n) is 4.70. The zero-order valence-corrected chi connectivity index (χ0v) is 10.4. The number of carbonyl (C=O) groups excluding carboxylic acids is 1. The van der Waals surface area contributed by atoms with Gasteiger partial charge in [0.05, 0.1) is 13.7 Å². The van der Waals surface area contributed by atoms with E-state index in [-0.39, 0.29) is 6.09 Å². The van der Waals surface area contributed by atoms with E-state index >= 15 is 0 Å². The van der Waals surface area contributed by atoms with E-state index in [1.165, 1.54) is 0 Å². The minimum Gasteiger partial charge on any atom is -0.484 e. The molecule has 0 aromatic carbocycles. The Labute approximate surface area is 96.4 Å². The maximum absolute atomic E-state index is 11.8. The summed E-state index contributed by atoms with van der Waals surface area (Å²) in [5.74, 6) is 0.700. The van der Waals surface area contributed by atoms with Crippen LogP contribution in [0.5, 0.6) is 0 Å². The van der Waals surface area contributed by atoms with Gasteiger partial charge in [-0.05, 0) is 20.8 Å². The molecule has 0 aromatic rings. The highest BCUT2D eigenvalue weighted by Crippen LogP contribution is 2.11. The van der Waals surface area contributed by atoms with E-state index in [0.717, 1.165) is 0 Å². The molecule has 0 aliphatic carbocycles. The molecule has 92 valence electrons. The summed E-state index contributed by atoms with van der Waals surface area (Å²) in [5.41, 5.74) is -0.450. The lowest BCUT2D eigenvalue weighted by Crippen LogP contribution is -2.38. The van der Waals surface area contributed by atoms with Crippen LogP contribution in [0.1, 0.15) is 27.2 Å². The van der Waals surface area contributed by atoms with E-state index in [0.29, 0.717) is 32.0 Å². The SMILES string of the molecule is COC1=NCCN(C(=O)OC(C)(C)C)CC1. The maximum Gasteiger partial charge on any atom is 0.410 e. The van der Waals surface area contributed by atoms with Gasteiger partial charge in [0.15, 0.2) is 5.90 Å². The quantitative estimate of drug-likeness (QED) is 0.633. The average Bonchev–Trinajstić information content (AvgIpc) is 2.39. The molecule has 0 aromatic heterocycles. The van der Waals surface area contributed by atoms with Crippen LogP contribution in [0, 0.1) is 0 Å². The molecule has 5 heteroatoms. The number of hydrogen-bond donors (Lipinski definition) is 0. The largest absolute Gasteiger partial charge is 0.484 e. The summed E-state index contributed by atoms with van der Waals surface area (Å²) < 4.78 is 10.4. The zero-order chi connectivity index (χ0) is 12.2. The van der Waals surface area contributed by atoms with Crippen molar-refractivity contribution in [3.63, 3.8) is 0 Å². The minimum atomic E-state index is -0.450. The molecule has 0 spiro atoms. The molecule has 0 saturated carbocycles. The van der Waals surface area contributed by atoms with Gasteiger partial charge in [-0.15, -0.1) is 0 Å². The molecule has 0 saturated heterocycles. The zero-order valence-electron chi connectivity index (χ0n) is 10.4. The van der Waals surface area contributed by atoms with E-state index in [9.17, 15) is 4.79 Å². The molecule has 16 heavy (non-hydrogen) atoms. The van der Waals surface area contributed by atoms with Crippen LogP contribution in [0.2, 0.25) is 0 Å². The van der Waals surface area contributed by atoms with Crippen molar-refractivity contribution in [2.45, 2.75) is 32.8 Å². The molecular weight excluding hydrogens is 208 g/mol. The third-order valence-corrected chi connectivity index (χ3v) is 2.14. The highest BCUT2D eigenvalue weighted by atomic mass is 16.6. The Balaban J connectivity index is 2.48. The van der Waals surface area contributed by atoms with Crippen molar-refractivity contribution < 1.29 is 14.3 Å². The molecule has 1 rings (SSSR count). The number of methoxy groups -OCH3 is 1. The van der Waals surface area contributed by atoms with Crippen molar-refractivity contribution in [1.29, 1.82) is 0 Å². The Morgan fingerprint density at radius 3 is 2.62 bits per heavy atom. The normalized spacial score (nSPS) is 17.5. The molecule has 0 atom stereocenters. The molecule has 1 aliphatic heterocycles. The van der Waals surface area contributed by atoms with Crippen molar-refractivity contribution in [2.24, 2.45) is 4.99 Å². The van der Waals surface area contributed by atoms with Gasteiger partial charge in [-0.2, -0.15) is 0 Å². The molecule has 1 heterocycles. The van der Waals surface area contributed by atoms with Crippen molar-refractivity contribution in [3.8, 4) is 0 Å². The summed E-state index contributed by atoms with van der Waals surface area (Å²) in [6, 6.07) is 0. The summed E-state index contributed by atoms with van der Waals surface area (Å²) >= 11 is 0. The Kier molecular flexibility index (Phi) is 4.15. The van der Waals surface area contributed by atoms with Gasteiger partial charge in [0.1, 0.15) is 5.60 Å². The summed E-state index contributed by atoms with van der Waals surface area (Å²) in [4.78, 5) is 17.7. The van der Waals surface area contributed by atoms with Gasteiger partial charge in [0.25, 0.3) is 0 Å². The van der Waals surface area contributed by atoms with Gasteiger partial charge < -0.3 is 14.4 Å². The Bertz CT molecular complexity index is 281. The van der Waals surface area contributed by atoms with Crippen LogP contribution in [-0.2, 0) is 9.47 Å². The average molecular weight is 228 g/mol. The Morgan fingerprint density at radius 2 is 2.06 bits per heavy atom. The second-order valence-corrected chi connectivity index (χ2v) is 4.70. The molecule has 0 bridgehead atoms. The lowest BCUT2D eigenvalue weighted by molar-refractivity contribution is 0.0263. The van der Waals surface area contributed by atoms with E-state index in [4.69, 9.17) is 9.47 Å². The van der Waals surface area contributed by atoms with Gasteiger partial charge in [-0.3, -0.25) is 4.99 Å². The molecule has 1 amide bonds. The summed E-state index contributed by atoms with van der Waals surface area (Å²) in [7, 11) is 1.60. The van der Waals surface area contributed by atoms with Gasteiger partial charge in [-0.25, -0.2) is 4.79 Å². The van der Waals surface area contributed by atoms with Crippen LogP contribution in [0.15, 0.2) is 4.99 Å². The van der Waals surface area contributed by atoms with Crippen molar-refractivity contribution >= 4 is 12.0 Å². The summed E-state index contributed by atoms with van der Waals surface area (Å²) in [6.45, 7) is 7.34. The van der Waals surface area contributed by atoms with Crippen molar-refractivity contribution in [2.75, 3.05) is 26.7 Å². The first-order valence-corrected chi connectivity index (χ1v) is 5.47. The third-order valence-electron chi connectivity index (χ3n) is 2.14. The number of rotatable bonds is 0. The third kappa shape index (κ3) is 4.08. The van der Waals surface area contributed by atoms with Gasteiger partial charge in [0, 0.05) is 19.5 Å². The van der Waals surface area contributed by atoms with E-state index in [1.54, 1.807) is 12.0 Å². The molecular formula is C11H20N2O3. The van der Waals surface area contributed by atoms with Crippen LogP contribution in [0.4, 0.5) is 4.79 Å². The number of hydrogen-bond acceptors (Lipinski definition) is 4. The monoisotopic (exact) mass is 228 g/mol. The summed E-state index contributed by atoms with van der Waals surface area (Å²) in [5, 5.41) is 0. The van der Waals surface area contributed by atoms with Crippen LogP contribution >= 0.6 is 0 Å². The van der Waals surface area contributed by atoms with E-state index < -0.39 is 5.60 Å². The smallest absolute Gasteiger partial charge is 0.410 e. The molecule has 0 N–H and O–H groups in total. The number of aliphatic imine (C=N–C) groups is 1. The highest BCUT2D eigenvalue weighted by Gasteiger charge is 2.23. The van der Waals surface area contributed by atoms with Crippen LogP contribution in [-0.4, -0.2) is 49.2 Å². The Hall–Kier alpha value is -1.26. The number of carbonyl (C=O) groups is 1. The molecule has 0 fully saturated rings. The predicted molar refractivity (Wildman–Crippen MR) is 61.7 cm³/mol. The molecule has 0 unspecified atom stereocenters. The first kappa shape index (κ1) is 12.8.